The molecule has 0 aromatic carbocycles. The molecule has 0 bridgehead atoms. The molecule has 0 aromatic heterocycles. The lowest BCUT2D eigenvalue weighted by Gasteiger charge is -2.15. The summed E-state index contributed by atoms with van der Waals surface area (Å²) in [6.45, 7) is 8.02. The van der Waals surface area contributed by atoms with Gasteiger partial charge in [0.1, 0.15) is 11.9 Å². The molecule has 0 rings (SSSR count). The van der Waals surface area contributed by atoms with Crippen LogP contribution in [0.15, 0.2) is 12.3 Å². The lowest BCUT2D eigenvalue weighted by Crippen LogP contribution is -2.17. The molecular formula is C10H22O4. The molecule has 0 spiro atoms. The van der Waals surface area contributed by atoms with Crippen LogP contribution in [0.1, 0.15) is 47.0 Å². The zero-order valence-corrected chi connectivity index (χ0v) is 9.49. The highest BCUT2D eigenvalue weighted by Gasteiger charge is 2.10. The Labute approximate surface area is 86.0 Å². The third-order valence-corrected chi connectivity index (χ3v) is 1.17. The SMILES string of the molecule is CCCCC=COOC(C)(C)C.OO. The summed E-state index contributed by atoms with van der Waals surface area (Å²) in [7, 11) is 0. The van der Waals surface area contributed by atoms with Crippen LogP contribution in [0.25, 0.3) is 0 Å². The number of hydrogen-bond donors (Lipinski definition) is 2. The summed E-state index contributed by atoms with van der Waals surface area (Å²) in [6, 6.07) is 0. The first-order valence-electron chi connectivity index (χ1n) is 4.76. The largest absolute Gasteiger partial charge is 0.345 e. The smallest absolute Gasteiger partial charge is 0.125 e. The van der Waals surface area contributed by atoms with Gasteiger partial charge >= 0.3 is 0 Å². The van der Waals surface area contributed by atoms with Crippen molar-refractivity contribution >= 4 is 0 Å². The maximum atomic E-state index is 6.00. The van der Waals surface area contributed by atoms with E-state index in [1.807, 2.05) is 26.8 Å². The van der Waals surface area contributed by atoms with Gasteiger partial charge in [-0.2, -0.15) is 4.89 Å². The summed E-state index contributed by atoms with van der Waals surface area (Å²) in [5.74, 6) is 0. The van der Waals surface area contributed by atoms with Crippen LogP contribution >= 0.6 is 0 Å². The fraction of sp³-hybridized carbons (Fsp3) is 0.800. The molecule has 0 saturated carbocycles. The van der Waals surface area contributed by atoms with E-state index < -0.39 is 0 Å². The van der Waals surface area contributed by atoms with E-state index in [4.69, 9.17) is 20.3 Å². The van der Waals surface area contributed by atoms with Crippen molar-refractivity contribution in [2.45, 2.75) is 52.6 Å². The normalized spacial score (nSPS) is 11.0. The standard InChI is InChI=1S/C10H20O2.H2O2/c1-5-6-7-8-9-11-12-10(2,3)4;1-2/h8-9H,5-7H2,1-4H3;1-2H. The molecule has 4 nitrogen and oxygen atoms in total. The molecule has 0 aliphatic rings. The highest BCUT2D eigenvalue weighted by Crippen LogP contribution is 2.07. The third-order valence-electron chi connectivity index (χ3n) is 1.17. The van der Waals surface area contributed by atoms with Gasteiger partial charge in [0.05, 0.1) is 0 Å². The summed E-state index contributed by atoms with van der Waals surface area (Å²) in [5.41, 5.74) is -0.227. The molecule has 0 fully saturated rings. The predicted octanol–water partition coefficient (Wildman–Crippen LogP) is 3.45. The van der Waals surface area contributed by atoms with E-state index in [0.717, 1.165) is 6.42 Å². The maximum absolute atomic E-state index is 6.00. The van der Waals surface area contributed by atoms with Crippen molar-refractivity contribution in [2.75, 3.05) is 0 Å². The van der Waals surface area contributed by atoms with Crippen molar-refractivity contribution in [3.63, 3.8) is 0 Å². The second-order valence-corrected chi connectivity index (χ2v) is 3.81. The summed E-state index contributed by atoms with van der Waals surface area (Å²) < 4.78 is 0. The first kappa shape index (κ1) is 15.9. The van der Waals surface area contributed by atoms with E-state index in [9.17, 15) is 0 Å². The molecule has 2 N–H and O–H groups in total. The van der Waals surface area contributed by atoms with E-state index in [0.29, 0.717) is 0 Å². The number of unbranched alkanes of at least 4 members (excludes halogenated alkanes) is 2. The van der Waals surface area contributed by atoms with E-state index >= 15 is 0 Å². The Morgan fingerprint density at radius 3 is 2.21 bits per heavy atom. The van der Waals surface area contributed by atoms with Gasteiger partial charge in [-0.15, -0.1) is 0 Å². The Morgan fingerprint density at radius 1 is 1.21 bits per heavy atom. The molecule has 0 aromatic rings. The monoisotopic (exact) mass is 206 g/mol. The minimum absolute atomic E-state index is 0.227. The van der Waals surface area contributed by atoms with Gasteiger partial charge in [-0.05, 0) is 39.7 Å². The van der Waals surface area contributed by atoms with Crippen molar-refractivity contribution in [3.05, 3.63) is 12.3 Å². The highest BCUT2D eigenvalue weighted by molar-refractivity contribution is 4.71. The Kier molecular flexibility index (Phi) is 11.9. The molecular weight excluding hydrogens is 184 g/mol. The minimum atomic E-state index is -0.227. The predicted molar refractivity (Wildman–Crippen MR) is 55.8 cm³/mol. The zero-order chi connectivity index (χ0) is 11.4. The quantitative estimate of drug-likeness (QED) is 0.313. The summed E-state index contributed by atoms with van der Waals surface area (Å²) >= 11 is 0. The molecule has 14 heavy (non-hydrogen) atoms. The average molecular weight is 206 g/mol. The molecule has 0 amide bonds. The van der Waals surface area contributed by atoms with Gasteiger partial charge in [-0.3, -0.25) is 10.5 Å². The number of rotatable bonds is 5. The van der Waals surface area contributed by atoms with Gasteiger partial charge in [-0.1, -0.05) is 13.3 Å². The van der Waals surface area contributed by atoms with Gasteiger partial charge in [0.15, 0.2) is 0 Å². The second-order valence-electron chi connectivity index (χ2n) is 3.81. The molecule has 0 saturated heterocycles. The van der Waals surface area contributed by atoms with Crippen molar-refractivity contribution in [3.8, 4) is 0 Å². The van der Waals surface area contributed by atoms with E-state index in [-0.39, 0.29) is 5.60 Å². The van der Waals surface area contributed by atoms with Gasteiger partial charge < -0.3 is 4.89 Å². The van der Waals surface area contributed by atoms with Crippen LogP contribution in [-0.2, 0) is 9.78 Å². The maximum Gasteiger partial charge on any atom is 0.125 e. The topological polar surface area (TPSA) is 58.9 Å². The van der Waals surface area contributed by atoms with E-state index in [2.05, 4.69) is 6.92 Å². The van der Waals surface area contributed by atoms with Crippen LogP contribution in [0.3, 0.4) is 0 Å². The van der Waals surface area contributed by atoms with Crippen LogP contribution < -0.4 is 0 Å². The lowest BCUT2D eigenvalue weighted by molar-refractivity contribution is -0.310. The van der Waals surface area contributed by atoms with Crippen LogP contribution in [0.5, 0.6) is 0 Å². The summed E-state index contributed by atoms with van der Waals surface area (Å²) in [5, 5.41) is 12.0. The molecule has 0 radical (unpaired) electrons. The fourth-order valence-corrected chi connectivity index (χ4v) is 0.601. The molecule has 4 heteroatoms. The first-order valence-corrected chi connectivity index (χ1v) is 4.76. The van der Waals surface area contributed by atoms with Crippen molar-refractivity contribution in [1.29, 1.82) is 0 Å². The molecule has 0 atom stereocenters. The summed E-state index contributed by atoms with van der Waals surface area (Å²) in [4.78, 5) is 9.89. The van der Waals surface area contributed by atoms with Gasteiger partial charge in [0.25, 0.3) is 0 Å². The first-order chi connectivity index (χ1) is 6.56. The van der Waals surface area contributed by atoms with E-state index in [1.165, 1.54) is 12.8 Å². The Morgan fingerprint density at radius 2 is 1.79 bits per heavy atom. The van der Waals surface area contributed by atoms with Crippen LogP contribution in [0, 0.1) is 0 Å². The zero-order valence-electron chi connectivity index (χ0n) is 9.49. The van der Waals surface area contributed by atoms with Crippen molar-refractivity contribution < 1.29 is 20.3 Å². The fourth-order valence-electron chi connectivity index (χ4n) is 0.601. The van der Waals surface area contributed by atoms with Gasteiger partial charge in [-0.25, -0.2) is 0 Å². The molecule has 0 heterocycles. The van der Waals surface area contributed by atoms with Crippen LogP contribution in [-0.4, -0.2) is 16.1 Å². The Bertz CT molecular complexity index is 127. The Balaban J connectivity index is 0. The summed E-state index contributed by atoms with van der Waals surface area (Å²) in [6.07, 6.45) is 7.07. The minimum Gasteiger partial charge on any atom is -0.345 e. The van der Waals surface area contributed by atoms with Gasteiger partial charge in [0, 0.05) is 0 Å². The molecule has 0 unspecified atom stereocenters. The van der Waals surface area contributed by atoms with Crippen molar-refractivity contribution in [1.82, 2.24) is 0 Å². The highest BCUT2D eigenvalue weighted by atomic mass is 17.2. The number of hydrogen-bond acceptors (Lipinski definition) is 4. The van der Waals surface area contributed by atoms with E-state index in [1.54, 1.807) is 6.26 Å². The Hall–Kier alpha value is -0.580. The molecule has 0 aliphatic carbocycles. The van der Waals surface area contributed by atoms with Gasteiger partial charge in [0.2, 0.25) is 0 Å². The van der Waals surface area contributed by atoms with Crippen molar-refractivity contribution in [2.24, 2.45) is 0 Å². The molecule has 0 aliphatic heterocycles. The lowest BCUT2D eigenvalue weighted by atomic mass is 10.2. The van der Waals surface area contributed by atoms with Crippen LogP contribution in [0.2, 0.25) is 0 Å². The second kappa shape index (κ2) is 10.5. The average Bonchev–Trinajstić information content (AvgIpc) is 2.13. The van der Waals surface area contributed by atoms with Crippen LogP contribution in [0.4, 0.5) is 0 Å². The molecule has 86 valence electrons. The third kappa shape index (κ3) is 17.5. The number of allylic oxidation sites excluding steroid dienone is 1.